The number of amides is 1. The minimum atomic E-state index is -0.590. The molecule has 3 rings (SSSR count). The Labute approximate surface area is 157 Å². The van der Waals surface area contributed by atoms with Gasteiger partial charge in [-0.25, -0.2) is 4.98 Å². The van der Waals surface area contributed by atoms with Gasteiger partial charge < -0.3 is 26.4 Å². The molecule has 0 saturated carbocycles. The summed E-state index contributed by atoms with van der Waals surface area (Å²) in [5, 5.41) is 9.57. The quantitative estimate of drug-likeness (QED) is 0.439. The zero-order chi connectivity index (χ0) is 19.1. The summed E-state index contributed by atoms with van der Waals surface area (Å²) >= 11 is 0. The van der Waals surface area contributed by atoms with Crippen LogP contribution in [0, 0.1) is 12.3 Å². The number of fused-ring (bicyclic) bond motifs is 1. The van der Waals surface area contributed by atoms with Crippen molar-refractivity contribution in [2.24, 2.45) is 5.73 Å². The maximum Gasteiger partial charge on any atom is 0.254 e. The average Bonchev–Trinajstić information content (AvgIpc) is 2.90. The summed E-state index contributed by atoms with van der Waals surface area (Å²) in [6.45, 7) is 2.13. The molecule has 2 aromatic rings. The van der Waals surface area contributed by atoms with Gasteiger partial charge in [-0.05, 0) is 31.0 Å². The summed E-state index contributed by atoms with van der Waals surface area (Å²) in [5.74, 6) is 3.54. The van der Waals surface area contributed by atoms with Gasteiger partial charge >= 0.3 is 0 Å². The van der Waals surface area contributed by atoms with E-state index in [0.717, 1.165) is 36.5 Å². The van der Waals surface area contributed by atoms with Gasteiger partial charge in [0, 0.05) is 31.4 Å². The van der Waals surface area contributed by atoms with Crippen LogP contribution in [0.3, 0.4) is 0 Å². The molecule has 1 aromatic heterocycles. The molecule has 0 aliphatic carbocycles. The highest BCUT2D eigenvalue weighted by molar-refractivity contribution is 5.97. The number of terminal acetylenes is 1. The number of anilines is 4. The summed E-state index contributed by atoms with van der Waals surface area (Å²) in [6.07, 6.45) is 9.01. The van der Waals surface area contributed by atoms with Crippen molar-refractivity contribution < 1.29 is 9.53 Å². The highest BCUT2D eigenvalue weighted by Crippen LogP contribution is 2.30. The van der Waals surface area contributed by atoms with Crippen molar-refractivity contribution in [3.05, 3.63) is 30.0 Å². The molecule has 0 radical (unpaired) electrons. The number of benzene rings is 1. The van der Waals surface area contributed by atoms with E-state index in [4.69, 9.17) is 16.9 Å². The highest BCUT2D eigenvalue weighted by atomic mass is 16.5. The number of aromatic nitrogens is 2. The predicted molar refractivity (Wildman–Crippen MR) is 105 cm³/mol. The molecule has 2 heterocycles. The Balaban J connectivity index is 1.77. The predicted octanol–water partition coefficient (Wildman–Crippen LogP) is 2.34. The summed E-state index contributed by atoms with van der Waals surface area (Å²) in [7, 11) is 0. The van der Waals surface area contributed by atoms with E-state index in [1.165, 1.54) is 6.20 Å². The fourth-order valence-corrected chi connectivity index (χ4v) is 2.63. The number of hydrogen-bond acceptors (Lipinski definition) is 7. The van der Waals surface area contributed by atoms with E-state index in [1.807, 2.05) is 18.2 Å². The molecule has 27 heavy (non-hydrogen) atoms. The van der Waals surface area contributed by atoms with Gasteiger partial charge in [0.2, 0.25) is 5.95 Å². The van der Waals surface area contributed by atoms with Gasteiger partial charge in [0.1, 0.15) is 11.6 Å². The zero-order valence-electron chi connectivity index (χ0n) is 14.9. The zero-order valence-corrected chi connectivity index (χ0v) is 14.9. The van der Waals surface area contributed by atoms with Gasteiger partial charge in [0.25, 0.3) is 5.91 Å². The molecule has 8 heteroatoms. The van der Waals surface area contributed by atoms with Gasteiger partial charge in [-0.15, -0.1) is 12.3 Å². The normalized spacial score (nSPS) is 12.6. The average molecular weight is 366 g/mol. The van der Waals surface area contributed by atoms with E-state index in [-0.39, 0.29) is 5.56 Å². The number of nitrogens with one attached hydrogen (secondary N) is 3. The lowest BCUT2D eigenvalue weighted by atomic mass is 10.2. The lowest BCUT2D eigenvalue weighted by molar-refractivity contribution is 0.100. The van der Waals surface area contributed by atoms with Gasteiger partial charge in [0.05, 0.1) is 17.9 Å². The van der Waals surface area contributed by atoms with Crippen molar-refractivity contribution in [3.8, 4) is 18.1 Å². The molecule has 0 atom stereocenters. The van der Waals surface area contributed by atoms with Crippen LogP contribution < -0.4 is 26.4 Å². The lowest BCUT2D eigenvalue weighted by Crippen LogP contribution is -2.17. The molecule has 5 N–H and O–H groups in total. The number of rotatable bonds is 7. The minimum Gasteiger partial charge on any atom is -0.491 e. The molecular weight excluding hydrogens is 344 g/mol. The first-order chi connectivity index (χ1) is 13.2. The Morgan fingerprint density at radius 3 is 3.15 bits per heavy atom. The summed E-state index contributed by atoms with van der Waals surface area (Å²) in [6, 6.07) is 5.72. The smallest absolute Gasteiger partial charge is 0.254 e. The lowest BCUT2D eigenvalue weighted by Gasteiger charge is -2.13. The highest BCUT2D eigenvalue weighted by Gasteiger charge is 2.13. The summed E-state index contributed by atoms with van der Waals surface area (Å²) in [5.41, 5.74) is 7.36. The fraction of sp³-hybridized carbons (Fsp3) is 0.316. The van der Waals surface area contributed by atoms with Crippen LogP contribution in [0.4, 0.5) is 23.1 Å². The third-order valence-corrected chi connectivity index (χ3v) is 3.97. The molecule has 0 unspecified atom stereocenters. The number of primary amides is 1. The number of carbonyl (C=O) groups is 1. The molecule has 0 fully saturated rings. The number of hydrogen-bond donors (Lipinski definition) is 4. The van der Waals surface area contributed by atoms with Crippen molar-refractivity contribution in [2.75, 3.05) is 35.6 Å². The minimum absolute atomic E-state index is 0.234. The van der Waals surface area contributed by atoms with Crippen molar-refractivity contribution in [3.63, 3.8) is 0 Å². The van der Waals surface area contributed by atoms with Crippen molar-refractivity contribution in [2.45, 2.75) is 19.3 Å². The number of ether oxygens (including phenoxy) is 1. The number of nitrogens with two attached hydrogens (primary N) is 1. The van der Waals surface area contributed by atoms with Gasteiger partial charge in [-0.3, -0.25) is 4.79 Å². The van der Waals surface area contributed by atoms with Gasteiger partial charge in [-0.1, -0.05) is 0 Å². The molecule has 1 aliphatic rings. The first-order valence-electron chi connectivity index (χ1n) is 8.79. The molecule has 140 valence electrons. The standard InChI is InChI=1S/C19H22N6O2/c1-2-3-4-8-22-18-14(17(20)26)12-23-19(25-18)24-13-6-7-16-15(11-13)21-9-5-10-27-16/h1,6-7,11-12,21H,3-5,8-10H2,(H2,20,26)(H2,22,23,24,25). The van der Waals surface area contributed by atoms with Crippen LogP contribution in [0.25, 0.3) is 0 Å². The van der Waals surface area contributed by atoms with Crippen LogP contribution in [0.5, 0.6) is 5.75 Å². The van der Waals surface area contributed by atoms with Crippen molar-refractivity contribution in [1.82, 2.24) is 9.97 Å². The molecule has 0 spiro atoms. The van der Waals surface area contributed by atoms with Crippen LogP contribution in [0.15, 0.2) is 24.4 Å². The number of carbonyl (C=O) groups excluding carboxylic acids is 1. The van der Waals surface area contributed by atoms with Crippen LogP contribution >= 0.6 is 0 Å². The largest absolute Gasteiger partial charge is 0.491 e. The third kappa shape index (κ3) is 4.79. The summed E-state index contributed by atoms with van der Waals surface area (Å²) in [4.78, 5) is 20.2. The Hall–Kier alpha value is -3.47. The Morgan fingerprint density at radius 2 is 2.33 bits per heavy atom. The van der Waals surface area contributed by atoms with E-state index >= 15 is 0 Å². The second kappa shape index (κ2) is 8.76. The molecule has 1 amide bonds. The van der Waals surface area contributed by atoms with Crippen molar-refractivity contribution in [1.29, 1.82) is 0 Å². The van der Waals surface area contributed by atoms with E-state index < -0.39 is 5.91 Å². The van der Waals surface area contributed by atoms with Crippen molar-refractivity contribution >= 4 is 29.0 Å². The maximum absolute atomic E-state index is 11.6. The molecule has 0 saturated heterocycles. The van der Waals surface area contributed by atoms with Crippen LogP contribution in [0.1, 0.15) is 29.6 Å². The van der Waals surface area contributed by atoms with E-state index in [1.54, 1.807) is 0 Å². The van der Waals surface area contributed by atoms with Gasteiger partial charge in [0.15, 0.2) is 0 Å². The Kier molecular flexibility index (Phi) is 5.94. The third-order valence-electron chi connectivity index (χ3n) is 3.97. The van der Waals surface area contributed by atoms with Crippen LogP contribution in [-0.2, 0) is 0 Å². The molecular formula is C19H22N6O2. The van der Waals surface area contributed by atoms with Crippen LogP contribution in [0.2, 0.25) is 0 Å². The SMILES string of the molecule is C#CCCCNc1nc(Nc2ccc3c(c2)NCCCO3)ncc1C(N)=O. The van der Waals surface area contributed by atoms with Gasteiger partial charge in [-0.2, -0.15) is 4.98 Å². The molecule has 8 nitrogen and oxygen atoms in total. The van der Waals surface area contributed by atoms with Crippen LogP contribution in [-0.4, -0.2) is 35.6 Å². The topological polar surface area (TPSA) is 114 Å². The molecule has 1 aromatic carbocycles. The first kappa shape index (κ1) is 18.3. The maximum atomic E-state index is 11.6. The number of unbranched alkanes of at least 4 members (excludes halogenated alkanes) is 1. The fourth-order valence-electron chi connectivity index (χ4n) is 2.63. The van der Waals surface area contributed by atoms with E-state index in [0.29, 0.717) is 31.3 Å². The second-order valence-corrected chi connectivity index (χ2v) is 6.02. The van der Waals surface area contributed by atoms with E-state index in [2.05, 4.69) is 31.8 Å². The monoisotopic (exact) mass is 366 g/mol. The summed E-state index contributed by atoms with van der Waals surface area (Å²) < 4.78 is 5.68. The van der Waals surface area contributed by atoms with E-state index in [9.17, 15) is 4.79 Å². The first-order valence-corrected chi connectivity index (χ1v) is 8.79. The molecule has 1 aliphatic heterocycles. The number of nitrogens with zero attached hydrogens (tertiary/aromatic N) is 2. The Bertz CT molecular complexity index is 862. The molecule has 0 bridgehead atoms. The second-order valence-electron chi connectivity index (χ2n) is 6.02. The Morgan fingerprint density at radius 1 is 1.44 bits per heavy atom.